The van der Waals surface area contributed by atoms with Crippen LogP contribution < -0.4 is 4.74 Å². The van der Waals surface area contributed by atoms with Gasteiger partial charge in [-0.25, -0.2) is 4.98 Å². The minimum absolute atomic E-state index is 0.219. The summed E-state index contributed by atoms with van der Waals surface area (Å²) in [6.45, 7) is 5.37. The van der Waals surface area contributed by atoms with E-state index in [-0.39, 0.29) is 5.97 Å². The molecule has 8 heteroatoms. The summed E-state index contributed by atoms with van der Waals surface area (Å²) in [6, 6.07) is 11.7. The van der Waals surface area contributed by atoms with Crippen LogP contribution in [-0.4, -0.2) is 33.3 Å². The fraction of sp³-hybridized carbons (Fsp3) is 0.280. The van der Waals surface area contributed by atoms with Gasteiger partial charge in [-0.05, 0) is 49.7 Å². The molecule has 0 bridgehead atoms. The SMILES string of the molecule is CCCOc1ccc(-c2cn(-c3ccc4c(c3)c(Cl)cn4CCC(=O)OCC)cn2)cc1Cl. The lowest BCUT2D eigenvalue weighted by Gasteiger charge is -2.08. The number of aryl methyl sites for hydroxylation is 1. The Bertz CT molecular complexity index is 1280. The first-order chi connectivity index (χ1) is 16.0. The summed E-state index contributed by atoms with van der Waals surface area (Å²) in [5.41, 5.74) is 3.60. The minimum Gasteiger partial charge on any atom is -0.492 e. The number of fused-ring (bicyclic) bond motifs is 1. The van der Waals surface area contributed by atoms with Crippen LogP contribution in [0.3, 0.4) is 0 Å². The van der Waals surface area contributed by atoms with E-state index in [2.05, 4.69) is 11.9 Å². The Hall–Kier alpha value is -2.96. The van der Waals surface area contributed by atoms with E-state index in [9.17, 15) is 4.79 Å². The fourth-order valence-corrected chi connectivity index (χ4v) is 4.14. The minimum atomic E-state index is -0.219. The molecular formula is C25H25Cl2N3O3. The van der Waals surface area contributed by atoms with Crippen LogP contribution in [0.25, 0.3) is 27.8 Å². The molecule has 0 saturated heterocycles. The summed E-state index contributed by atoms with van der Waals surface area (Å²) in [5, 5.41) is 2.10. The van der Waals surface area contributed by atoms with Crippen molar-refractivity contribution in [3.63, 3.8) is 0 Å². The summed E-state index contributed by atoms with van der Waals surface area (Å²) in [7, 11) is 0. The van der Waals surface area contributed by atoms with E-state index in [1.54, 1.807) is 13.3 Å². The molecule has 0 fully saturated rings. The Morgan fingerprint density at radius 3 is 2.67 bits per heavy atom. The van der Waals surface area contributed by atoms with Crippen LogP contribution in [-0.2, 0) is 16.1 Å². The molecule has 0 saturated carbocycles. The van der Waals surface area contributed by atoms with Crippen LogP contribution in [0.2, 0.25) is 10.0 Å². The van der Waals surface area contributed by atoms with Gasteiger partial charge in [-0.2, -0.15) is 0 Å². The molecular weight excluding hydrogens is 461 g/mol. The third kappa shape index (κ3) is 5.18. The van der Waals surface area contributed by atoms with Gasteiger partial charge in [0.05, 0.1) is 41.7 Å². The molecule has 0 aliphatic carbocycles. The largest absolute Gasteiger partial charge is 0.492 e. The first kappa shape index (κ1) is 23.2. The normalized spacial score (nSPS) is 11.2. The molecule has 2 heterocycles. The van der Waals surface area contributed by atoms with Crippen LogP contribution >= 0.6 is 23.2 Å². The van der Waals surface area contributed by atoms with Gasteiger partial charge in [0.25, 0.3) is 0 Å². The van der Waals surface area contributed by atoms with Crippen molar-refractivity contribution in [2.24, 2.45) is 0 Å². The van der Waals surface area contributed by atoms with E-state index >= 15 is 0 Å². The van der Waals surface area contributed by atoms with Crippen LogP contribution in [0.1, 0.15) is 26.7 Å². The van der Waals surface area contributed by atoms with Gasteiger partial charge in [0, 0.05) is 41.1 Å². The van der Waals surface area contributed by atoms with Gasteiger partial charge < -0.3 is 18.6 Å². The topological polar surface area (TPSA) is 58.3 Å². The van der Waals surface area contributed by atoms with E-state index in [4.69, 9.17) is 32.7 Å². The highest BCUT2D eigenvalue weighted by molar-refractivity contribution is 6.35. The third-order valence-corrected chi connectivity index (χ3v) is 5.84. The second-order valence-corrected chi connectivity index (χ2v) is 8.40. The molecule has 6 nitrogen and oxygen atoms in total. The lowest BCUT2D eigenvalue weighted by atomic mass is 10.1. The number of hydrogen-bond donors (Lipinski definition) is 0. The number of hydrogen-bond acceptors (Lipinski definition) is 4. The molecule has 0 amide bonds. The average molecular weight is 486 g/mol. The second kappa shape index (κ2) is 10.3. The number of carbonyl (C=O) groups is 1. The highest BCUT2D eigenvalue weighted by Crippen LogP contribution is 2.31. The molecule has 0 unspecified atom stereocenters. The predicted octanol–water partition coefficient (Wildman–Crippen LogP) is 6.54. The van der Waals surface area contributed by atoms with Crippen molar-refractivity contribution < 1.29 is 14.3 Å². The van der Waals surface area contributed by atoms with Gasteiger partial charge >= 0.3 is 5.97 Å². The van der Waals surface area contributed by atoms with Crippen molar-refractivity contribution >= 4 is 40.1 Å². The van der Waals surface area contributed by atoms with Gasteiger partial charge in [0.2, 0.25) is 0 Å². The van der Waals surface area contributed by atoms with Crippen LogP contribution in [0.15, 0.2) is 55.1 Å². The van der Waals surface area contributed by atoms with Gasteiger partial charge in [0.15, 0.2) is 0 Å². The smallest absolute Gasteiger partial charge is 0.307 e. The number of carbonyl (C=O) groups excluding carboxylic acids is 1. The summed E-state index contributed by atoms with van der Waals surface area (Å²) in [5.74, 6) is 0.456. The highest BCUT2D eigenvalue weighted by atomic mass is 35.5. The first-order valence-corrected chi connectivity index (χ1v) is 11.7. The van der Waals surface area contributed by atoms with E-state index in [0.29, 0.717) is 42.0 Å². The zero-order valence-corrected chi connectivity index (χ0v) is 20.1. The van der Waals surface area contributed by atoms with E-state index in [0.717, 1.165) is 34.3 Å². The van der Waals surface area contributed by atoms with Crippen molar-refractivity contribution in [1.29, 1.82) is 0 Å². The molecule has 33 heavy (non-hydrogen) atoms. The maximum Gasteiger partial charge on any atom is 0.307 e. The quantitative estimate of drug-likeness (QED) is 0.252. The first-order valence-electron chi connectivity index (χ1n) is 10.9. The number of halogens is 2. The second-order valence-electron chi connectivity index (χ2n) is 7.59. The van der Waals surface area contributed by atoms with E-state index in [1.807, 2.05) is 57.9 Å². The molecule has 0 N–H and O–H groups in total. The summed E-state index contributed by atoms with van der Waals surface area (Å²) in [6.07, 6.45) is 6.78. The zero-order chi connectivity index (χ0) is 23.4. The fourth-order valence-electron chi connectivity index (χ4n) is 3.63. The number of ether oxygens (including phenoxy) is 2. The molecule has 2 aromatic carbocycles. The number of esters is 1. The molecule has 0 spiro atoms. The van der Waals surface area contributed by atoms with Gasteiger partial charge in [0.1, 0.15) is 5.75 Å². The molecule has 172 valence electrons. The summed E-state index contributed by atoms with van der Waals surface area (Å²) < 4.78 is 14.6. The molecule has 0 aliphatic rings. The van der Waals surface area contributed by atoms with E-state index < -0.39 is 0 Å². The summed E-state index contributed by atoms with van der Waals surface area (Å²) >= 11 is 12.9. The molecule has 0 aliphatic heterocycles. The van der Waals surface area contributed by atoms with Crippen molar-refractivity contribution in [2.75, 3.05) is 13.2 Å². The number of rotatable bonds is 9. The van der Waals surface area contributed by atoms with Crippen LogP contribution in [0.4, 0.5) is 0 Å². The Balaban J connectivity index is 1.56. The van der Waals surface area contributed by atoms with Crippen LogP contribution in [0.5, 0.6) is 5.75 Å². The predicted molar refractivity (Wildman–Crippen MR) is 132 cm³/mol. The van der Waals surface area contributed by atoms with Gasteiger partial charge in [-0.15, -0.1) is 0 Å². The lowest BCUT2D eigenvalue weighted by molar-refractivity contribution is -0.143. The van der Waals surface area contributed by atoms with Crippen molar-refractivity contribution in [3.05, 3.63) is 65.2 Å². The van der Waals surface area contributed by atoms with Gasteiger partial charge in [-0.1, -0.05) is 30.1 Å². The van der Waals surface area contributed by atoms with Crippen molar-refractivity contribution in [3.8, 4) is 22.7 Å². The standard InChI is InChI=1S/C25H25Cl2N3O3/c1-3-11-33-24-8-5-17(12-20(24)26)22-15-30(16-28-22)18-6-7-23-19(13-18)21(27)14-29(23)10-9-25(31)32-4-2/h5-8,12-16H,3-4,9-11H2,1-2H3. The Kier molecular flexibility index (Phi) is 7.26. The maximum absolute atomic E-state index is 11.7. The average Bonchev–Trinajstić information content (AvgIpc) is 3.42. The van der Waals surface area contributed by atoms with Crippen molar-refractivity contribution in [2.45, 2.75) is 33.2 Å². The Morgan fingerprint density at radius 2 is 1.91 bits per heavy atom. The number of benzene rings is 2. The lowest BCUT2D eigenvalue weighted by Crippen LogP contribution is -2.08. The summed E-state index contributed by atoms with van der Waals surface area (Å²) in [4.78, 5) is 16.3. The zero-order valence-electron chi connectivity index (χ0n) is 18.6. The van der Waals surface area contributed by atoms with Gasteiger partial charge in [-0.3, -0.25) is 4.79 Å². The molecule has 0 atom stereocenters. The molecule has 2 aromatic heterocycles. The van der Waals surface area contributed by atoms with E-state index in [1.165, 1.54) is 0 Å². The number of imidazole rings is 1. The Morgan fingerprint density at radius 1 is 1.06 bits per heavy atom. The molecule has 4 rings (SSSR count). The third-order valence-electron chi connectivity index (χ3n) is 5.25. The molecule has 4 aromatic rings. The van der Waals surface area contributed by atoms with Crippen LogP contribution in [0, 0.1) is 0 Å². The maximum atomic E-state index is 11.7. The highest BCUT2D eigenvalue weighted by Gasteiger charge is 2.12. The monoisotopic (exact) mass is 485 g/mol. The van der Waals surface area contributed by atoms with Crippen molar-refractivity contribution in [1.82, 2.24) is 14.1 Å². The molecule has 0 radical (unpaired) electrons. The number of nitrogens with zero attached hydrogens (tertiary/aromatic N) is 3. The number of aromatic nitrogens is 3. The Labute approximate surface area is 202 Å².